The molecular formula is C12H16FNO. The van der Waals surface area contributed by atoms with Gasteiger partial charge in [-0.3, -0.25) is 0 Å². The van der Waals surface area contributed by atoms with Gasteiger partial charge in [0, 0.05) is 6.54 Å². The van der Waals surface area contributed by atoms with Gasteiger partial charge in [0.15, 0.2) is 0 Å². The molecule has 0 amide bonds. The minimum atomic E-state index is -0.914. The van der Waals surface area contributed by atoms with E-state index in [-0.39, 0.29) is 6.61 Å². The summed E-state index contributed by atoms with van der Waals surface area (Å²) >= 11 is 0. The zero-order valence-electron chi connectivity index (χ0n) is 8.92. The van der Waals surface area contributed by atoms with Crippen molar-refractivity contribution in [3.8, 4) is 5.75 Å². The van der Waals surface area contributed by atoms with Crippen molar-refractivity contribution in [2.75, 3.05) is 13.2 Å². The second kappa shape index (κ2) is 4.62. The van der Waals surface area contributed by atoms with E-state index in [4.69, 9.17) is 4.74 Å². The van der Waals surface area contributed by atoms with E-state index in [2.05, 4.69) is 11.4 Å². The van der Waals surface area contributed by atoms with Crippen molar-refractivity contribution < 1.29 is 9.13 Å². The Kier molecular flexibility index (Phi) is 3.21. The molecule has 0 aliphatic carbocycles. The van der Waals surface area contributed by atoms with Crippen LogP contribution in [0.2, 0.25) is 0 Å². The molecule has 0 spiro atoms. The number of alkyl halides is 1. The third-order valence-electron chi connectivity index (χ3n) is 2.57. The summed E-state index contributed by atoms with van der Waals surface area (Å²) in [6.07, 6.45) is 0.0502. The normalized spacial score (nSPS) is 16.9. The van der Waals surface area contributed by atoms with Gasteiger partial charge in [-0.15, -0.1) is 0 Å². The lowest BCUT2D eigenvalue weighted by molar-refractivity contribution is 0.208. The lowest BCUT2D eigenvalue weighted by atomic mass is 10.0. The number of benzene rings is 1. The van der Waals surface area contributed by atoms with Crippen LogP contribution in [-0.2, 0) is 13.0 Å². The maximum absolute atomic E-state index is 12.7. The van der Waals surface area contributed by atoms with E-state index in [0.29, 0.717) is 0 Å². The molecule has 1 unspecified atom stereocenters. The van der Waals surface area contributed by atoms with Crippen molar-refractivity contribution in [3.05, 3.63) is 29.3 Å². The standard InChI is InChI=1S/C12H16FNO/c1-9(13)8-15-12-4-2-3-10-7-14-6-5-11(10)12/h2-4,9,14H,5-8H2,1H3. The molecule has 1 atom stereocenters. The molecule has 1 aromatic carbocycles. The largest absolute Gasteiger partial charge is 0.490 e. The number of fused-ring (bicyclic) bond motifs is 1. The predicted octanol–water partition coefficient (Wildman–Crippen LogP) is 2.07. The Balaban J connectivity index is 2.16. The Morgan fingerprint density at radius 1 is 1.53 bits per heavy atom. The lowest BCUT2D eigenvalue weighted by Crippen LogP contribution is -2.24. The molecule has 2 nitrogen and oxygen atoms in total. The minimum Gasteiger partial charge on any atom is -0.490 e. The number of hydrogen-bond acceptors (Lipinski definition) is 2. The molecule has 1 aromatic rings. The Morgan fingerprint density at radius 2 is 2.40 bits per heavy atom. The smallest absolute Gasteiger partial charge is 0.131 e. The van der Waals surface area contributed by atoms with Crippen LogP contribution in [0.5, 0.6) is 5.75 Å². The fourth-order valence-corrected chi connectivity index (χ4v) is 1.84. The van der Waals surface area contributed by atoms with Gasteiger partial charge in [0.25, 0.3) is 0 Å². The van der Waals surface area contributed by atoms with Crippen LogP contribution in [0.15, 0.2) is 18.2 Å². The quantitative estimate of drug-likeness (QED) is 0.822. The molecule has 0 saturated carbocycles. The molecule has 0 bridgehead atoms. The Labute approximate surface area is 89.4 Å². The predicted molar refractivity (Wildman–Crippen MR) is 57.9 cm³/mol. The second-order valence-corrected chi connectivity index (χ2v) is 3.91. The van der Waals surface area contributed by atoms with Gasteiger partial charge in [0.2, 0.25) is 0 Å². The highest BCUT2D eigenvalue weighted by atomic mass is 19.1. The van der Waals surface area contributed by atoms with Crippen molar-refractivity contribution in [3.63, 3.8) is 0 Å². The number of ether oxygens (including phenoxy) is 1. The molecule has 0 radical (unpaired) electrons. The minimum absolute atomic E-state index is 0.143. The SMILES string of the molecule is CC(F)COc1cccc2c1CCNC2. The number of halogens is 1. The van der Waals surface area contributed by atoms with Crippen molar-refractivity contribution in [2.24, 2.45) is 0 Å². The zero-order chi connectivity index (χ0) is 10.7. The Bertz CT molecular complexity index is 338. The average molecular weight is 209 g/mol. The fraction of sp³-hybridized carbons (Fsp3) is 0.500. The molecule has 3 heteroatoms. The molecule has 1 aliphatic rings. The van der Waals surface area contributed by atoms with Crippen LogP contribution >= 0.6 is 0 Å². The summed E-state index contributed by atoms with van der Waals surface area (Å²) in [6.45, 7) is 3.51. The third kappa shape index (κ3) is 2.48. The van der Waals surface area contributed by atoms with Crippen LogP contribution < -0.4 is 10.1 Å². The highest BCUT2D eigenvalue weighted by molar-refractivity contribution is 5.41. The number of hydrogen-bond donors (Lipinski definition) is 1. The molecular weight excluding hydrogens is 193 g/mol. The van der Waals surface area contributed by atoms with Gasteiger partial charge in [-0.2, -0.15) is 0 Å². The molecule has 15 heavy (non-hydrogen) atoms. The second-order valence-electron chi connectivity index (χ2n) is 3.91. The van der Waals surface area contributed by atoms with Gasteiger partial charge in [0.05, 0.1) is 0 Å². The molecule has 0 fully saturated rings. The summed E-state index contributed by atoms with van der Waals surface area (Å²) < 4.78 is 18.1. The summed E-state index contributed by atoms with van der Waals surface area (Å²) in [5, 5.41) is 3.30. The number of rotatable bonds is 3. The van der Waals surface area contributed by atoms with E-state index in [0.717, 1.165) is 25.3 Å². The summed E-state index contributed by atoms with van der Waals surface area (Å²) in [5.41, 5.74) is 2.50. The highest BCUT2D eigenvalue weighted by Gasteiger charge is 2.13. The van der Waals surface area contributed by atoms with Crippen LogP contribution in [0.3, 0.4) is 0 Å². The van der Waals surface area contributed by atoms with Crippen LogP contribution in [0.4, 0.5) is 4.39 Å². The first-order chi connectivity index (χ1) is 7.27. The van der Waals surface area contributed by atoms with Crippen molar-refractivity contribution in [1.29, 1.82) is 0 Å². The van der Waals surface area contributed by atoms with E-state index in [1.54, 1.807) is 0 Å². The van der Waals surface area contributed by atoms with Crippen LogP contribution in [0.25, 0.3) is 0 Å². The Morgan fingerprint density at radius 3 is 3.20 bits per heavy atom. The van der Waals surface area contributed by atoms with Crippen molar-refractivity contribution in [2.45, 2.75) is 26.1 Å². The first-order valence-electron chi connectivity index (χ1n) is 5.35. The summed E-state index contributed by atoms with van der Waals surface area (Å²) in [7, 11) is 0. The molecule has 82 valence electrons. The van der Waals surface area contributed by atoms with Crippen molar-refractivity contribution in [1.82, 2.24) is 5.32 Å². The van der Waals surface area contributed by atoms with Gasteiger partial charge in [-0.05, 0) is 37.1 Å². The van der Waals surface area contributed by atoms with Crippen molar-refractivity contribution >= 4 is 0 Å². The first kappa shape index (κ1) is 10.4. The molecule has 1 N–H and O–H groups in total. The van der Waals surface area contributed by atoms with E-state index >= 15 is 0 Å². The fourth-order valence-electron chi connectivity index (χ4n) is 1.84. The first-order valence-corrected chi connectivity index (χ1v) is 5.35. The maximum Gasteiger partial charge on any atom is 0.131 e. The van der Waals surface area contributed by atoms with Gasteiger partial charge >= 0.3 is 0 Å². The lowest BCUT2D eigenvalue weighted by Gasteiger charge is -2.20. The van der Waals surface area contributed by atoms with Crippen LogP contribution in [0, 0.1) is 0 Å². The number of nitrogens with one attached hydrogen (secondary N) is 1. The zero-order valence-corrected chi connectivity index (χ0v) is 8.92. The van der Waals surface area contributed by atoms with Gasteiger partial charge in [0.1, 0.15) is 18.5 Å². The monoisotopic (exact) mass is 209 g/mol. The summed E-state index contributed by atoms with van der Waals surface area (Å²) in [5.74, 6) is 0.846. The summed E-state index contributed by atoms with van der Waals surface area (Å²) in [4.78, 5) is 0. The van der Waals surface area contributed by atoms with Crippen LogP contribution in [-0.4, -0.2) is 19.3 Å². The Hall–Kier alpha value is -1.09. The van der Waals surface area contributed by atoms with Gasteiger partial charge in [-0.25, -0.2) is 4.39 Å². The maximum atomic E-state index is 12.7. The third-order valence-corrected chi connectivity index (χ3v) is 2.57. The van der Waals surface area contributed by atoms with E-state index < -0.39 is 6.17 Å². The molecule has 2 rings (SSSR count). The van der Waals surface area contributed by atoms with Gasteiger partial charge in [-0.1, -0.05) is 12.1 Å². The van der Waals surface area contributed by atoms with E-state index in [1.165, 1.54) is 18.1 Å². The topological polar surface area (TPSA) is 21.3 Å². The highest BCUT2D eigenvalue weighted by Crippen LogP contribution is 2.25. The molecule has 0 saturated heterocycles. The molecule has 0 aromatic heterocycles. The average Bonchev–Trinajstić information content (AvgIpc) is 2.26. The van der Waals surface area contributed by atoms with Crippen LogP contribution in [0.1, 0.15) is 18.1 Å². The summed E-state index contributed by atoms with van der Waals surface area (Å²) in [6, 6.07) is 5.98. The molecule has 1 heterocycles. The van der Waals surface area contributed by atoms with Gasteiger partial charge < -0.3 is 10.1 Å². The van der Waals surface area contributed by atoms with E-state index in [9.17, 15) is 4.39 Å². The molecule has 1 aliphatic heterocycles. The van der Waals surface area contributed by atoms with E-state index in [1.807, 2.05) is 12.1 Å².